The molecule has 0 aromatic carbocycles. The summed E-state index contributed by atoms with van der Waals surface area (Å²) in [5.41, 5.74) is 5.59. The Morgan fingerprint density at radius 3 is 3.08 bits per heavy atom. The lowest BCUT2D eigenvalue weighted by Gasteiger charge is -2.20. The third kappa shape index (κ3) is 1.56. The molecular weight excluding hydrogens is 164 g/mol. The Bertz CT molecular complexity index is 299. The summed E-state index contributed by atoms with van der Waals surface area (Å²) in [6.07, 6.45) is 4.15. The second kappa shape index (κ2) is 3.20. The number of nitrogen functional groups attached to an aromatic ring is 1. The van der Waals surface area contributed by atoms with Crippen LogP contribution in [0.3, 0.4) is 0 Å². The molecule has 1 aromatic heterocycles. The molecule has 1 aliphatic rings. The molecule has 1 atom stereocenters. The number of hydrogen-bond acceptors (Lipinski definition) is 4. The summed E-state index contributed by atoms with van der Waals surface area (Å²) in [5, 5.41) is 0. The Hall–Kier alpha value is -1.32. The van der Waals surface area contributed by atoms with Gasteiger partial charge in [0.15, 0.2) is 0 Å². The molecule has 13 heavy (non-hydrogen) atoms. The van der Waals surface area contributed by atoms with Crippen LogP contribution in [0, 0.1) is 0 Å². The summed E-state index contributed by atoms with van der Waals surface area (Å²) >= 11 is 0. The lowest BCUT2D eigenvalue weighted by molar-refractivity contribution is 0.717. The first-order valence-corrected chi connectivity index (χ1v) is 4.62. The number of anilines is 2. The Morgan fingerprint density at radius 1 is 1.62 bits per heavy atom. The molecule has 4 nitrogen and oxygen atoms in total. The van der Waals surface area contributed by atoms with Crippen molar-refractivity contribution in [2.24, 2.45) is 0 Å². The molecule has 0 unspecified atom stereocenters. The quantitative estimate of drug-likeness (QED) is 0.698. The molecule has 0 aliphatic carbocycles. The van der Waals surface area contributed by atoms with Crippen molar-refractivity contribution >= 4 is 11.8 Å². The van der Waals surface area contributed by atoms with Crippen molar-refractivity contribution in [3.05, 3.63) is 12.3 Å². The number of nitrogens with two attached hydrogens (primary N) is 1. The summed E-state index contributed by atoms with van der Waals surface area (Å²) in [5.74, 6) is 1.31. The number of nitrogens with zero attached hydrogens (tertiary/aromatic N) is 3. The monoisotopic (exact) mass is 178 g/mol. The highest BCUT2D eigenvalue weighted by molar-refractivity contribution is 5.39. The zero-order valence-corrected chi connectivity index (χ0v) is 7.77. The molecule has 4 heteroatoms. The van der Waals surface area contributed by atoms with Crippen molar-refractivity contribution in [1.29, 1.82) is 0 Å². The SMILES string of the molecule is C[C@H]1CCCN1c1nccc(N)n1. The van der Waals surface area contributed by atoms with Crippen molar-refractivity contribution in [2.75, 3.05) is 17.2 Å². The zero-order valence-electron chi connectivity index (χ0n) is 7.77. The molecule has 2 rings (SSSR count). The van der Waals surface area contributed by atoms with Gasteiger partial charge in [0, 0.05) is 18.8 Å². The molecule has 0 bridgehead atoms. The van der Waals surface area contributed by atoms with Crippen LogP contribution >= 0.6 is 0 Å². The van der Waals surface area contributed by atoms with Gasteiger partial charge < -0.3 is 10.6 Å². The second-order valence-electron chi connectivity index (χ2n) is 3.47. The van der Waals surface area contributed by atoms with E-state index in [2.05, 4.69) is 21.8 Å². The fourth-order valence-corrected chi connectivity index (χ4v) is 1.73. The van der Waals surface area contributed by atoms with Crippen LogP contribution in [-0.2, 0) is 0 Å². The van der Waals surface area contributed by atoms with E-state index in [1.165, 1.54) is 12.8 Å². The van der Waals surface area contributed by atoms with E-state index in [0.717, 1.165) is 12.5 Å². The highest BCUT2D eigenvalue weighted by Crippen LogP contribution is 2.21. The molecular formula is C9H14N4. The Labute approximate surface area is 77.8 Å². The second-order valence-corrected chi connectivity index (χ2v) is 3.47. The van der Waals surface area contributed by atoms with Crippen molar-refractivity contribution < 1.29 is 0 Å². The van der Waals surface area contributed by atoms with Crippen LogP contribution < -0.4 is 10.6 Å². The third-order valence-electron chi connectivity index (χ3n) is 2.47. The van der Waals surface area contributed by atoms with Gasteiger partial charge in [0.25, 0.3) is 0 Å². The molecule has 0 saturated carbocycles. The van der Waals surface area contributed by atoms with Gasteiger partial charge in [0.05, 0.1) is 0 Å². The molecule has 2 N–H and O–H groups in total. The molecule has 1 aromatic rings. The van der Waals surface area contributed by atoms with E-state index in [1.54, 1.807) is 12.3 Å². The summed E-state index contributed by atoms with van der Waals surface area (Å²) in [6, 6.07) is 2.26. The van der Waals surface area contributed by atoms with E-state index in [-0.39, 0.29) is 0 Å². The van der Waals surface area contributed by atoms with E-state index < -0.39 is 0 Å². The van der Waals surface area contributed by atoms with Gasteiger partial charge in [-0.05, 0) is 25.8 Å². The van der Waals surface area contributed by atoms with Crippen LogP contribution in [-0.4, -0.2) is 22.6 Å². The highest BCUT2D eigenvalue weighted by atomic mass is 15.3. The van der Waals surface area contributed by atoms with Crippen LogP contribution in [0.2, 0.25) is 0 Å². The fourth-order valence-electron chi connectivity index (χ4n) is 1.73. The van der Waals surface area contributed by atoms with E-state index in [0.29, 0.717) is 11.9 Å². The largest absolute Gasteiger partial charge is 0.384 e. The van der Waals surface area contributed by atoms with Crippen molar-refractivity contribution in [3.63, 3.8) is 0 Å². The Morgan fingerprint density at radius 2 is 2.46 bits per heavy atom. The van der Waals surface area contributed by atoms with Crippen LogP contribution in [0.25, 0.3) is 0 Å². The first-order chi connectivity index (χ1) is 6.27. The minimum Gasteiger partial charge on any atom is -0.384 e. The van der Waals surface area contributed by atoms with Crippen LogP contribution in [0.15, 0.2) is 12.3 Å². The molecule has 1 aliphatic heterocycles. The van der Waals surface area contributed by atoms with E-state index in [4.69, 9.17) is 5.73 Å². The van der Waals surface area contributed by atoms with E-state index >= 15 is 0 Å². The smallest absolute Gasteiger partial charge is 0.227 e. The summed E-state index contributed by atoms with van der Waals surface area (Å²) in [6.45, 7) is 3.24. The average Bonchev–Trinajstić information content (AvgIpc) is 2.51. The highest BCUT2D eigenvalue weighted by Gasteiger charge is 2.22. The van der Waals surface area contributed by atoms with Crippen molar-refractivity contribution in [2.45, 2.75) is 25.8 Å². The fraction of sp³-hybridized carbons (Fsp3) is 0.556. The maximum absolute atomic E-state index is 5.59. The van der Waals surface area contributed by atoms with Crippen molar-refractivity contribution in [1.82, 2.24) is 9.97 Å². The van der Waals surface area contributed by atoms with Crippen LogP contribution in [0.1, 0.15) is 19.8 Å². The summed E-state index contributed by atoms with van der Waals surface area (Å²) < 4.78 is 0. The first-order valence-electron chi connectivity index (χ1n) is 4.62. The Kier molecular flexibility index (Phi) is 2.04. The molecule has 70 valence electrons. The average molecular weight is 178 g/mol. The van der Waals surface area contributed by atoms with Gasteiger partial charge in [-0.3, -0.25) is 0 Å². The number of aromatic nitrogens is 2. The molecule has 1 fully saturated rings. The minimum atomic E-state index is 0.543. The predicted octanol–water partition coefficient (Wildman–Crippen LogP) is 1.05. The summed E-state index contributed by atoms with van der Waals surface area (Å²) in [7, 11) is 0. The third-order valence-corrected chi connectivity index (χ3v) is 2.47. The normalized spacial score (nSPS) is 22.2. The lowest BCUT2D eigenvalue weighted by Crippen LogP contribution is -2.28. The van der Waals surface area contributed by atoms with Gasteiger partial charge in [-0.25, -0.2) is 4.98 Å². The molecule has 0 amide bonds. The van der Waals surface area contributed by atoms with Gasteiger partial charge in [0.2, 0.25) is 5.95 Å². The van der Waals surface area contributed by atoms with E-state index in [1.807, 2.05) is 0 Å². The van der Waals surface area contributed by atoms with Gasteiger partial charge in [-0.1, -0.05) is 0 Å². The minimum absolute atomic E-state index is 0.543. The maximum atomic E-state index is 5.59. The molecule has 2 heterocycles. The molecule has 0 spiro atoms. The number of rotatable bonds is 1. The van der Waals surface area contributed by atoms with Gasteiger partial charge >= 0.3 is 0 Å². The first kappa shape index (κ1) is 8.29. The van der Waals surface area contributed by atoms with Crippen molar-refractivity contribution in [3.8, 4) is 0 Å². The van der Waals surface area contributed by atoms with Gasteiger partial charge in [-0.15, -0.1) is 0 Å². The van der Waals surface area contributed by atoms with Crippen LogP contribution in [0.5, 0.6) is 0 Å². The standard InChI is InChI=1S/C9H14N4/c1-7-3-2-6-13(7)9-11-5-4-8(10)12-9/h4-5,7H,2-3,6H2,1H3,(H2,10,11,12)/t7-/m0/s1. The van der Waals surface area contributed by atoms with E-state index in [9.17, 15) is 0 Å². The van der Waals surface area contributed by atoms with Gasteiger partial charge in [-0.2, -0.15) is 4.98 Å². The zero-order chi connectivity index (χ0) is 9.26. The number of hydrogen-bond donors (Lipinski definition) is 1. The topological polar surface area (TPSA) is 55.0 Å². The maximum Gasteiger partial charge on any atom is 0.227 e. The lowest BCUT2D eigenvalue weighted by atomic mass is 10.2. The molecule has 1 saturated heterocycles. The van der Waals surface area contributed by atoms with Crippen LogP contribution in [0.4, 0.5) is 11.8 Å². The summed E-state index contributed by atoms with van der Waals surface area (Å²) in [4.78, 5) is 10.6. The predicted molar refractivity (Wildman–Crippen MR) is 52.5 cm³/mol. The molecule has 0 radical (unpaired) electrons. The van der Waals surface area contributed by atoms with Gasteiger partial charge in [0.1, 0.15) is 5.82 Å². The Balaban J connectivity index is 2.24.